The van der Waals surface area contributed by atoms with E-state index < -0.39 is 17.3 Å². The maximum absolute atomic E-state index is 12.6. The average Bonchev–Trinajstić information content (AvgIpc) is 2.95. The molecule has 2 rings (SSSR count). The molecule has 0 aliphatic heterocycles. The van der Waals surface area contributed by atoms with Crippen LogP contribution < -0.4 is 10.1 Å². The number of carbonyl (C=O) groups excluding carboxylic acids is 1. The summed E-state index contributed by atoms with van der Waals surface area (Å²) in [6, 6.07) is 6.03. The third-order valence-electron chi connectivity index (χ3n) is 2.77. The molecule has 0 saturated heterocycles. The summed E-state index contributed by atoms with van der Waals surface area (Å²) in [7, 11) is 1.49. The Morgan fingerprint density at radius 1 is 1.45 bits per heavy atom. The van der Waals surface area contributed by atoms with Crippen LogP contribution in [0.5, 0.6) is 5.75 Å². The molecule has 0 radical (unpaired) electrons. The Labute approximate surface area is 129 Å². The Morgan fingerprint density at radius 3 is 2.77 bits per heavy atom. The zero-order valence-corrected chi connectivity index (χ0v) is 12.4. The van der Waals surface area contributed by atoms with Gasteiger partial charge in [-0.3, -0.25) is 4.79 Å². The van der Waals surface area contributed by atoms with Gasteiger partial charge in [0.05, 0.1) is 12.7 Å². The van der Waals surface area contributed by atoms with Crippen LogP contribution in [0.1, 0.15) is 18.9 Å². The summed E-state index contributed by atoms with van der Waals surface area (Å²) in [5, 5.41) is 1.73. The van der Waals surface area contributed by atoms with Gasteiger partial charge in [-0.25, -0.2) is 0 Å². The SMILES string of the molecule is COc1ccccc1-c1noc(C(C)NC(=O)C(F)(F)Cl)n1. The molecule has 0 aliphatic rings. The summed E-state index contributed by atoms with van der Waals surface area (Å²) >= 11 is 4.63. The van der Waals surface area contributed by atoms with E-state index in [1.54, 1.807) is 24.3 Å². The van der Waals surface area contributed by atoms with Gasteiger partial charge in [-0.1, -0.05) is 17.3 Å². The lowest BCUT2D eigenvalue weighted by atomic mass is 10.2. The molecule has 2 aromatic rings. The number of ether oxygens (including phenoxy) is 1. The maximum atomic E-state index is 12.6. The fourth-order valence-corrected chi connectivity index (χ4v) is 1.74. The molecule has 6 nitrogen and oxygen atoms in total. The molecule has 0 bridgehead atoms. The molecule has 1 atom stereocenters. The molecule has 0 aliphatic carbocycles. The lowest BCUT2D eigenvalue weighted by molar-refractivity contribution is -0.136. The van der Waals surface area contributed by atoms with Crippen molar-refractivity contribution in [2.75, 3.05) is 7.11 Å². The first-order valence-corrected chi connectivity index (χ1v) is 6.55. The number of hydrogen-bond donors (Lipinski definition) is 1. The van der Waals surface area contributed by atoms with E-state index in [0.29, 0.717) is 11.3 Å². The van der Waals surface area contributed by atoms with Crippen LogP contribution in [0.25, 0.3) is 11.4 Å². The summed E-state index contributed by atoms with van der Waals surface area (Å²) < 4.78 is 35.4. The first-order chi connectivity index (χ1) is 10.3. The second-order valence-electron chi connectivity index (χ2n) is 4.35. The number of nitrogens with one attached hydrogen (secondary N) is 1. The van der Waals surface area contributed by atoms with Gasteiger partial charge >= 0.3 is 11.3 Å². The molecule has 1 amide bonds. The standard InChI is InChI=1S/C13H12ClF2N3O3/c1-7(17-12(20)13(14,15)16)11-18-10(19-22-11)8-5-3-4-6-9(8)21-2/h3-7H,1-2H3,(H,17,20). The van der Waals surface area contributed by atoms with E-state index >= 15 is 0 Å². The Bertz CT molecular complexity index is 673. The summed E-state index contributed by atoms with van der Waals surface area (Å²) in [5.41, 5.74) is 0.571. The molecule has 0 saturated carbocycles. The molecule has 1 unspecified atom stereocenters. The highest BCUT2D eigenvalue weighted by Crippen LogP contribution is 2.28. The van der Waals surface area contributed by atoms with Crippen molar-refractivity contribution in [2.45, 2.75) is 18.3 Å². The third-order valence-corrected chi connectivity index (χ3v) is 2.94. The van der Waals surface area contributed by atoms with Crippen molar-refractivity contribution in [3.05, 3.63) is 30.2 Å². The highest BCUT2D eigenvalue weighted by Gasteiger charge is 2.37. The molecule has 9 heteroatoms. The van der Waals surface area contributed by atoms with Crippen molar-refractivity contribution in [1.29, 1.82) is 0 Å². The zero-order valence-electron chi connectivity index (χ0n) is 11.6. The Balaban J connectivity index is 2.19. The number of carbonyl (C=O) groups is 1. The predicted octanol–water partition coefficient (Wildman–Crippen LogP) is 2.75. The molecule has 118 valence electrons. The van der Waals surface area contributed by atoms with Gasteiger partial charge in [0.25, 0.3) is 0 Å². The Morgan fingerprint density at radius 2 is 2.14 bits per heavy atom. The van der Waals surface area contributed by atoms with Crippen LogP contribution in [0.4, 0.5) is 8.78 Å². The number of aromatic nitrogens is 2. The van der Waals surface area contributed by atoms with Gasteiger partial charge in [0.15, 0.2) is 0 Å². The molecule has 1 aromatic heterocycles. The van der Waals surface area contributed by atoms with Crippen LogP contribution in [-0.2, 0) is 4.79 Å². The second-order valence-corrected chi connectivity index (χ2v) is 4.82. The first kappa shape index (κ1) is 16.2. The summed E-state index contributed by atoms with van der Waals surface area (Å²) in [6.07, 6.45) is 0. The van der Waals surface area contributed by atoms with Gasteiger partial charge < -0.3 is 14.6 Å². The molecular weight excluding hydrogens is 320 g/mol. The van der Waals surface area contributed by atoms with Crippen LogP contribution in [0.3, 0.4) is 0 Å². The number of para-hydroxylation sites is 1. The second kappa shape index (κ2) is 6.27. The van der Waals surface area contributed by atoms with Crippen molar-refractivity contribution in [3.63, 3.8) is 0 Å². The van der Waals surface area contributed by atoms with Crippen molar-refractivity contribution >= 4 is 17.5 Å². The van der Waals surface area contributed by atoms with Crippen molar-refractivity contribution in [2.24, 2.45) is 0 Å². The predicted molar refractivity (Wildman–Crippen MR) is 73.6 cm³/mol. The quantitative estimate of drug-likeness (QED) is 0.852. The molecule has 1 aromatic carbocycles. The van der Waals surface area contributed by atoms with E-state index in [1.807, 2.05) is 5.32 Å². The van der Waals surface area contributed by atoms with E-state index in [2.05, 4.69) is 21.7 Å². The minimum atomic E-state index is -4.00. The normalized spacial score (nSPS) is 12.8. The van der Waals surface area contributed by atoms with Gasteiger partial charge in [0.1, 0.15) is 11.8 Å². The van der Waals surface area contributed by atoms with Crippen molar-refractivity contribution in [3.8, 4) is 17.1 Å². The lowest BCUT2D eigenvalue weighted by Crippen LogP contribution is -2.37. The monoisotopic (exact) mass is 331 g/mol. The van der Waals surface area contributed by atoms with Crippen LogP contribution in [-0.4, -0.2) is 28.5 Å². The minimum Gasteiger partial charge on any atom is -0.496 e. The number of methoxy groups -OCH3 is 1. The van der Waals surface area contributed by atoms with Gasteiger partial charge in [-0.05, 0) is 30.7 Å². The number of benzene rings is 1. The molecule has 22 heavy (non-hydrogen) atoms. The smallest absolute Gasteiger partial charge is 0.399 e. The fourth-order valence-electron chi connectivity index (χ4n) is 1.69. The van der Waals surface area contributed by atoms with Gasteiger partial charge in [-0.15, -0.1) is 0 Å². The number of amides is 1. The maximum Gasteiger partial charge on any atom is 0.399 e. The molecular formula is C13H12ClF2N3O3. The number of halogens is 3. The average molecular weight is 332 g/mol. The zero-order chi connectivity index (χ0) is 16.3. The van der Waals surface area contributed by atoms with Crippen LogP contribution >= 0.6 is 11.6 Å². The fraction of sp³-hybridized carbons (Fsp3) is 0.308. The largest absolute Gasteiger partial charge is 0.496 e. The van der Waals surface area contributed by atoms with Crippen molar-refractivity contribution in [1.82, 2.24) is 15.5 Å². The third kappa shape index (κ3) is 3.51. The number of alkyl halides is 3. The Kier molecular flexibility index (Phi) is 4.60. The van der Waals surface area contributed by atoms with E-state index in [-0.39, 0.29) is 11.7 Å². The topological polar surface area (TPSA) is 77.3 Å². The molecule has 1 N–H and O–H groups in total. The summed E-state index contributed by atoms with van der Waals surface area (Å²) in [4.78, 5) is 15.2. The summed E-state index contributed by atoms with van der Waals surface area (Å²) in [5.74, 6) is -0.932. The van der Waals surface area contributed by atoms with Crippen molar-refractivity contribution < 1.29 is 22.8 Å². The highest BCUT2D eigenvalue weighted by molar-refractivity contribution is 6.32. The van der Waals surface area contributed by atoms with E-state index in [0.717, 1.165) is 0 Å². The number of nitrogens with zero attached hydrogens (tertiary/aromatic N) is 2. The van der Waals surface area contributed by atoms with Gasteiger partial charge in [-0.2, -0.15) is 13.8 Å². The molecule has 0 fully saturated rings. The molecule has 1 heterocycles. The van der Waals surface area contributed by atoms with E-state index in [1.165, 1.54) is 14.0 Å². The lowest BCUT2D eigenvalue weighted by Gasteiger charge is -2.12. The first-order valence-electron chi connectivity index (χ1n) is 6.17. The highest BCUT2D eigenvalue weighted by atomic mass is 35.5. The Hall–Kier alpha value is -2.22. The van der Waals surface area contributed by atoms with Gasteiger partial charge in [0, 0.05) is 0 Å². The number of hydrogen-bond acceptors (Lipinski definition) is 5. The van der Waals surface area contributed by atoms with E-state index in [9.17, 15) is 13.6 Å². The molecule has 0 spiro atoms. The van der Waals surface area contributed by atoms with Crippen LogP contribution in [0.15, 0.2) is 28.8 Å². The summed E-state index contributed by atoms with van der Waals surface area (Å²) in [6.45, 7) is 1.42. The number of rotatable bonds is 5. The van der Waals surface area contributed by atoms with Crippen LogP contribution in [0.2, 0.25) is 0 Å². The van der Waals surface area contributed by atoms with Gasteiger partial charge in [0.2, 0.25) is 11.7 Å². The van der Waals surface area contributed by atoms with E-state index in [4.69, 9.17) is 9.26 Å². The minimum absolute atomic E-state index is 0.0322. The van der Waals surface area contributed by atoms with Crippen LogP contribution in [0, 0.1) is 0 Å².